The van der Waals surface area contributed by atoms with E-state index in [0.29, 0.717) is 18.7 Å². The molecule has 3 heterocycles. The summed E-state index contributed by atoms with van der Waals surface area (Å²) < 4.78 is 0. The fraction of sp³-hybridized carbons (Fsp3) is 0.235. The molecule has 2 unspecified atom stereocenters. The number of aromatic nitrogens is 1. The van der Waals surface area contributed by atoms with Crippen molar-refractivity contribution in [1.29, 1.82) is 0 Å². The number of para-hydroxylation sites is 2. The van der Waals surface area contributed by atoms with E-state index in [2.05, 4.69) is 20.5 Å². The first kappa shape index (κ1) is 13.8. The lowest BCUT2D eigenvalue weighted by Crippen LogP contribution is -2.44. The largest absolute Gasteiger partial charge is 0.356 e. The first-order chi connectivity index (χ1) is 11.2. The highest BCUT2D eigenvalue weighted by molar-refractivity contribution is 6.04. The molecule has 1 aromatic carbocycles. The van der Waals surface area contributed by atoms with Crippen molar-refractivity contribution >= 4 is 23.2 Å². The first-order valence-corrected chi connectivity index (χ1v) is 7.61. The van der Waals surface area contributed by atoms with E-state index < -0.39 is 0 Å². The van der Waals surface area contributed by atoms with E-state index in [1.807, 2.05) is 24.3 Å². The number of anilines is 2. The zero-order valence-corrected chi connectivity index (χ0v) is 12.4. The van der Waals surface area contributed by atoms with Gasteiger partial charge >= 0.3 is 0 Å². The number of fused-ring (bicyclic) bond motifs is 3. The molecule has 1 saturated heterocycles. The van der Waals surface area contributed by atoms with E-state index in [1.165, 1.54) is 0 Å². The van der Waals surface area contributed by atoms with Gasteiger partial charge in [0, 0.05) is 18.8 Å². The highest BCUT2D eigenvalue weighted by Crippen LogP contribution is 2.36. The van der Waals surface area contributed by atoms with Crippen LogP contribution in [0.1, 0.15) is 16.9 Å². The van der Waals surface area contributed by atoms with Crippen LogP contribution in [-0.2, 0) is 4.79 Å². The van der Waals surface area contributed by atoms with E-state index in [0.717, 1.165) is 11.4 Å². The van der Waals surface area contributed by atoms with Gasteiger partial charge in [-0.25, -0.2) is 0 Å². The monoisotopic (exact) mass is 308 g/mol. The molecule has 0 bridgehead atoms. The lowest BCUT2D eigenvalue weighted by Gasteiger charge is -2.32. The molecule has 116 valence electrons. The Bertz CT molecular complexity index is 762. The van der Waals surface area contributed by atoms with Crippen molar-refractivity contribution in [2.24, 2.45) is 0 Å². The van der Waals surface area contributed by atoms with E-state index in [9.17, 15) is 9.59 Å². The third-order valence-electron chi connectivity index (χ3n) is 4.31. The van der Waals surface area contributed by atoms with Crippen LogP contribution in [0.3, 0.4) is 0 Å². The van der Waals surface area contributed by atoms with Gasteiger partial charge in [0.05, 0.1) is 11.4 Å². The van der Waals surface area contributed by atoms with Crippen molar-refractivity contribution in [3.05, 3.63) is 54.4 Å². The highest BCUT2D eigenvalue weighted by atomic mass is 16.2. The summed E-state index contributed by atoms with van der Waals surface area (Å²) in [6.07, 6.45) is 2.19. The summed E-state index contributed by atoms with van der Waals surface area (Å²) in [5.41, 5.74) is 2.22. The molecule has 23 heavy (non-hydrogen) atoms. The van der Waals surface area contributed by atoms with E-state index in [1.54, 1.807) is 24.4 Å². The van der Waals surface area contributed by atoms with Crippen LogP contribution in [0.15, 0.2) is 48.7 Å². The minimum Gasteiger partial charge on any atom is -0.356 e. The quantitative estimate of drug-likeness (QED) is 0.880. The third-order valence-corrected chi connectivity index (χ3v) is 4.31. The minimum absolute atomic E-state index is 0.0155. The normalized spacial score (nSPS) is 22.1. The molecule has 2 aromatic rings. The molecule has 0 radical (unpaired) electrons. The van der Waals surface area contributed by atoms with Gasteiger partial charge in [0.25, 0.3) is 5.91 Å². The third kappa shape index (κ3) is 2.42. The minimum atomic E-state index is -0.237. The molecular weight excluding hydrogens is 292 g/mol. The predicted molar refractivity (Wildman–Crippen MR) is 86.3 cm³/mol. The van der Waals surface area contributed by atoms with Crippen molar-refractivity contribution in [3.8, 4) is 0 Å². The molecule has 0 saturated carbocycles. The van der Waals surface area contributed by atoms with Crippen molar-refractivity contribution in [2.45, 2.75) is 18.5 Å². The van der Waals surface area contributed by atoms with E-state index in [4.69, 9.17) is 0 Å². The van der Waals surface area contributed by atoms with Gasteiger partial charge in [0.15, 0.2) is 0 Å². The summed E-state index contributed by atoms with van der Waals surface area (Å²) >= 11 is 0. The SMILES string of the molecule is O=C(NC1CC2C(=O)Nc3ccccc3N2C1)c1ccccn1. The molecular formula is C17H16N4O2. The van der Waals surface area contributed by atoms with Gasteiger partial charge in [-0.15, -0.1) is 0 Å². The maximum atomic E-state index is 12.3. The summed E-state index contributed by atoms with van der Waals surface area (Å²) in [5, 5.41) is 5.91. The van der Waals surface area contributed by atoms with Crippen LogP contribution in [0, 0.1) is 0 Å². The zero-order valence-electron chi connectivity index (χ0n) is 12.4. The molecule has 1 aromatic heterocycles. The second kappa shape index (κ2) is 5.39. The number of nitrogens with one attached hydrogen (secondary N) is 2. The Morgan fingerprint density at radius 3 is 2.87 bits per heavy atom. The Balaban J connectivity index is 1.53. The molecule has 4 rings (SSSR count). The number of hydrogen-bond acceptors (Lipinski definition) is 4. The fourth-order valence-corrected chi connectivity index (χ4v) is 3.26. The maximum absolute atomic E-state index is 12.3. The Morgan fingerprint density at radius 1 is 1.22 bits per heavy atom. The van der Waals surface area contributed by atoms with Crippen LogP contribution in [0.5, 0.6) is 0 Å². The van der Waals surface area contributed by atoms with Crippen LogP contribution in [0.2, 0.25) is 0 Å². The average Bonchev–Trinajstić information content (AvgIpc) is 3.00. The summed E-state index contributed by atoms with van der Waals surface area (Å²) in [6.45, 7) is 0.619. The number of rotatable bonds is 2. The molecule has 2 amide bonds. The van der Waals surface area contributed by atoms with Crippen molar-refractivity contribution < 1.29 is 9.59 Å². The Morgan fingerprint density at radius 2 is 2.04 bits per heavy atom. The van der Waals surface area contributed by atoms with Crippen LogP contribution in [0.25, 0.3) is 0 Å². The Kier molecular flexibility index (Phi) is 3.22. The molecule has 2 aliphatic heterocycles. The molecule has 1 fully saturated rings. The summed E-state index contributed by atoms with van der Waals surface area (Å²) in [6, 6.07) is 12.7. The second-order valence-electron chi connectivity index (χ2n) is 5.80. The zero-order chi connectivity index (χ0) is 15.8. The molecule has 2 aliphatic rings. The van der Waals surface area contributed by atoms with Gasteiger partial charge < -0.3 is 15.5 Å². The topological polar surface area (TPSA) is 74.3 Å². The Labute approximate surface area is 133 Å². The van der Waals surface area contributed by atoms with Gasteiger partial charge in [-0.05, 0) is 30.7 Å². The number of carbonyl (C=O) groups is 2. The summed E-state index contributed by atoms with van der Waals surface area (Å²) in [7, 11) is 0. The van der Waals surface area contributed by atoms with Gasteiger partial charge in [0.2, 0.25) is 5.91 Å². The molecule has 6 heteroatoms. The lowest BCUT2D eigenvalue weighted by atomic mass is 10.1. The molecule has 0 aliphatic carbocycles. The van der Waals surface area contributed by atoms with E-state index >= 15 is 0 Å². The standard InChI is InChI=1S/C17H16N4O2/c22-16(13-6-3-4-8-18-13)19-11-9-15-17(23)20-12-5-1-2-7-14(12)21(15)10-11/h1-8,11,15H,9-10H2,(H,19,22)(H,20,23). The van der Waals surface area contributed by atoms with Crippen LogP contribution in [-0.4, -0.2) is 35.4 Å². The van der Waals surface area contributed by atoms with Crippen LogP contribution >= 0.6 is 0 Å². The van der Waals surface area contributed by atoms with Crippen LogP contribution in [0.4, 0.5) is 11.4 Å². The smallest absolute Gasteiger partial charge is 0.270 e. The highest BCUT2D eigenvalue weighted by Gasteiger charge is 2.41. The number of benzene rings is 1. The van der Waals surface area contributed by atoms with Crippen molar-refractivity contribution in [2.75, 3.05) is 16.8 Å². The lowest BCUT2D eigenvalue weighted by molar-refractivity contribution is -0.117. The summed E-state index contributed by atoms with van der Waals surface area (Å²) in [4.78, 5) is 30.6. The van der Waals surface area contributed by atoms with Gasteiger partial charge in [0.1, 0.15) is 11.7 Å². The maximum Gasteiger partial charge on any atom is 0.270 e. The van der Waals surface area contributed by atoms with Gasteiger partial charge in [-0.3, -0.25) is 14.6 Å². The van der Waals surface area contributed by atoms with Crippen molar-refractivity contribution in [1.82, 2.24) is 10.3 Å². The number of carbonyl (C=O) groups excluding carboxylic acids is 2. The average molecular weight is 308 g/mol. The van der Waals surface area contributed by atoms with Gasteiger partial charge in [-0.1, -0.05) is 18.2 Å². The summed E-state index contributed by atoms with van der Waals surface area (Å²) in [5.74, 6) is -0.220. The first-order valence-electron chi connectivity index (χ1n) is 7.61. The second-order valence-corrected chi connectivity index (χ2v) is 5.80. The van der Waals surface area contributed by atoms with E-state index in [-0.39, 0.29) is 23.9 Å². The number of amides is 2. The predicted octanol–water partition coefficient (Wildman–Crippen LogP) is 1.41. The van der Waals surface area contributed by atoms with Gasteiger partial charge in [-0.2, -0.15) is 0 Å². The molecule has 0 spiro atoms. The number of nitrogens with zero attached hydrogens (tertiary/aromatic N) is 2. The molecule has 6 nitrogen and oxygen atoms in total. The van der Waals surface area contributed by atoms with Crippen LogP contribution < -0.4 is 15.5 Å². The molecule has 2 N–H and O–H groups in total. The fourth-order valence-electron chi connectivity index (χ4n) is 3.26. The number of pyridine rings is 1. The number of hydrogen-bond donors (Lipinski definition) is 2. The van der Waals surface area contributed by atoms with Crippen molar-refractivity contribution in [3.63, 3.8) is 0 Å². The molecule has 2 atom stereocenters. The Hall–Kier alpha value is -2.89.